The molecular formula is C17H15NO2S. The largest absolute Gasteiger partial charge is 0.299 e. The average Bonchev–Trinajstić information content (AvgIpc) is 2.99. The molecule has 1 N–H and O–H groups in total. The van der Waals surface area contributed by atoms with E-state index in [0.29, 0.717) is 0 Å². The molecule has 1 aliphatic carbocycles. The second-order valence-electron chi connectivity index (χ2n) is 5.54. The molecule has 1 unspecified atom stereocenters. The molecule has 0 spiro atoms. The fourth-order valence-corrected chi connectivity index (χ4v) is 4.48. The minimum atomic E-state index is -3.03. The highest BCUT2D eigenvalue weighted by Gasteiger charge is 2.31. The monoisotopic (exact) mass is 297 g/mol. The summed E-state index contributed by atoms with van der Waals surface area (Å²) in [6.45, 7) is 0. The molecule has 2 aromatic carbocycles. The maximum Gasteiger partial charge on any atom is 0.173 e. The second kappa shape index (κ2) is 4.55. The van der Waals surface area contributed by atoms with Crippen molar-refractivity contribution < 1.29 is 8.42 Å². The molecule has 1 heterocycles. The van der Waals surface area contributed by atoms with Crippen LogP contribution in [-0.4, -0.2) is 20.2 Å². The lowest BCUT2D eigenvalue weighted by atomic mass is 10.0. The van der Waals surface area contributed by atoms with Crippen molar-refractivity contribution in [3.05, 3.63) is 71.1 Å². The number of benzene rings is 2. The molecule has 0 fully saturated rings. The van der Waals surface area contributed by atoms with Gasteiger partial charge in [-0.25, -0.2) is 8.42 Å². The molecule has 2 aliphatic rings. The summed E-state index contributed by atoms with van der Waals surface area (Å²) in [7, 11) is -3.03. The first kappa shape index (κ1) is 12.8. The van der Waals surface area contributed by atoms with E-state index in [2.05, 4.69) is 29.6 Å². The molecule has 0 amide bonds. The van der Waals surface area contributed by atoms with Gasteiger partial charge >= 0.3 is 0 Å². The molecule has 1 atom stereocenters. The molecule has 0 aromatic heterocycles. The maximum atomic E-state index is 11.6. The van der Waals surface area contributed by atoms with E-state index >= 15 is 0 Å². The Kier molecular flexibility index (Phi) is 2.77. The van der Waals surface area contributed by atoms with E-state index < -0.39 is 9.84 Å². The second-order valence-corrected chi connectivity index (χ2v) is 7.47. The fourth-order valence-electron chi connectivity index (χ4n) is 3.23. The van der Waals surface area contributed by atoms with Crippen LogP contribution in [0, 0.1) is 0 Å². The molecule has 21 heavy (non-hydrogen) atoms. The Bertz CT molecular complexity index is 794. The Morgan fingerprint density at radius 2 is 1.48 bits per heavy atom. The van der Waals surface area contributed by atoms with Gasteiger partial charge in [0.2, 0.25) is 0 Å². The molecule has 2 aromatic rings. The number of rotatable bonds is 2. The van der Waals surface area contributed by atoms with Crippen LogP contribution in [0.1, 0.15) is 17.2 Å². The van der Waals surface area contributed by atoms with E-state index in [1.165, 1.54) is 27.7 Å². The van der Waals surface area contributed by atoms with Crippen molar-refractivity contribution in [2.75, 3.05) is 5.75 Å². The minimum Gasteiger partial charge on any atom is -0.299 e. The van der Waals surface area contributed by atoms with Gasteiger partial charge in [-0.2, -0.15) is 0 Å². The van der Waals surface area contributed by atoms with Crippen LogP contribution >= 0.6 is 0 Å². The van der Waals surface area contributed by atoms with Crippen LogP contribution in [0.5, 0.6) is 0 Å². The predicted octanol–water partition coefficient (Wildman–Crippen LogP) is 2.66. The standard InChI is InChI=1S/C17H15NO2S/c19-21(20)10-9-12(11-21)18-17-15-7-3-1-5-13(15)14-6-2-4-8-16(14)17/h1-10,12,17-18H,11H2. The van der Waals surface area contributed by atoms with Crippen LogP contribution in [0.2, 0.25) is 0 Å². The SMILES string of the molecule is O=S1(=O)C=CC(NC2c3ccccc3-c3ccccc32)C1. The van der Waals surface area contributed by atoms with E-state index in [4.69, 9.17) is 0 Å². The first-order chi connectivity index (χ1) is 10.1. The van der Waals surface area contributed by atoms with Crippen molar-refractivity contribution in [1.29, 1.82) is 0 Å². The topological polar surface area (TPSA) is 46.2 Å². The number of sulfone groups is 1. The van der Waals surface area contributed by atoms with Crippen LogP contribution in [0.15, 0.2) is 60.0 Å². The van der Waals surface area contributed by atoms with Gasteiger partial charge in [0.25, 0.3) is 0 Å². The Labute approximate surface area is 124 Å². The third-order valence-electron chi connectivity index (χ3n) is 4.14. The fraction of sp³-hybridized carbons (Fsp3) is 0.176. The summed E-state index contributed by atoms with van der Waals surface area (Å²) in [6.07, 6.45) is 1.75. The van der Waals surface area contributed by atoms with Gasteiger partial charge in [0.1, 0.15) is 0 Å². The highest BCUT2D eigenvalue weighted by atomic mass is 32.2. The number of hydrogen-bond donors (Lipinski definition) is 1. The van der Waals surface area contributed by atoms with Gasteiger partial charge in [0.05, 0.1) is 11.8 Å². The molecule has 0 saturated carbocycles. The lowest BCUT2D eigenvalue weighted by Crippen LogP contribution is -2.33. The smallest absolute Gasteiger partial charge is 0.173 e. The molecule has 0 bridgehead atoms. The van der Waals surface area contributed by atoms with Gasteiger partial charge in [-0.1, -0.05) is 54.6 Å². The average molecular weight is 297 g/mol. The van der Waals surface area contributed by atoms with Crippen molar-refractivity contribution in [3.63, 3.8) is 0 Å². The lowest BCUT2D eigenvalue weighted by molar-refractivity contribution is 0.562. The zero-order valence-corrected chi connectivity index (χ0v) is 12.2. The van der Waals surface area contributed by atoms with E-state index in [1.54, 1.807) is 6.08 Å². The summed E-state index contributed by atoms with van der Waals surface area (Å²) in [6, 6.07) is 16.5. The van der Waals surface area contributed by atoms with Gasteiger partial charge in [-0.05, 0) is 22.3 Å². The van der Waals surface area contributed by atoms with Crippen LogP contribution in [0.4, 0.5) is 0 Å². The van der Waals surface area contributed by atoms with Crippen molar-refractivity contribution in [1.82, 2.24) is 5.32 Å². The number of nitrogens with one attached hydrogen (secondary N) is 1. The molecule has 0 saturated heterocycles. The normalized spacial score (nSPS) is 22.2. The number of fused-ring (bicyclic) bond motifs is 3. The molecule has 0 radical (unpaired) electrons. The lowest BCUT2D eigenvalue weighted by Gasteiger charge is -2.19. The zero-order chi connectivity index (χ0) is 14.4. The van der Waals surface area contributed by atoms with Crippen LogP contribution < -0.4 is 5.32 Å². The summed E-state index contributed by atoms with van der Waals surface area (Å²) in [5.74, 6) is 0.147. The van der Waals surface area contributed by atoms with Crippen LogP contribution in [0.25, 0.3) is 11.1 Å². The minimum absolute atomic E-state index is 0.0559. The first-order valence-electron chi connectivity index (χ1n) is 6.99. The zero-order valence-electron chi connectivity index (χ0n) is 11.4. The number of hydrogen-bond acceptors (Lipinski definition) is 3. The highest BCUT2D eigenvalue weighted by molar-refractivity contribution is 7.94. The molecule has 4 heteroatoms. The van der Waals surface area contributed by atoms with Crippen molar-refractivity contribution in [2.24, 2.45) is 0 Å². The van der Waals surface area contributed by atoms with Crippen molar-refractivity contribution in [2.45, 2.75) is 12.1 Å². The molecular weight excluding hydrogens is 282 g/mol. The first-order valence-corrected chi connectivity index (χ1v) is 8.71. The van der Waals surface area contributed by atoms with Crippen molar-refractivity contribution in [3.8, 4) is 11.1 Å². The Hall–Kier alpha value is -1.91. The summed E-state index contributed by atoms with van der Waals surface area (Å²) in [5.41, 5.74) is 4.90. The van der Waals surface area contributed by atoms with Crippen LogP contribution in [0.3, 0.4) is 0 Å². The Balaban J connectivity index is 1.74. The molecule has 106 valence electrons. The van der Waals surface area contributed by atoms with E-state index in [1.807, 2.05) is 24.3 Å². The highest BCUT2D eigenvalue weighted by Crippen LogP contribution is 2.43. The predicted molar refractivity (Wildman–Crippen MR) is 83.6 cm³/mol. The van der Waals surface area contributed by atoms with Crippen LogP contribution in [-0.2, 0) is 9.84 Å². The van der Waals surface area contributed by atoms with Crippen molar-refractivity contribution >= 4 is 9.84 Å². The molecule has 3 nitrogen and oxygen atoms in total. The summed E-state index contributed by atoms with van der Waals surface area (Å²) in [4.78, 5) is 0. The summed E-state index contributed by atoms with van der Waals surface area (Å²) < 4.78 is 23.2. The summed E-state index contributed by atoms with van der Waals surface area (Å²) in [5, 5.41) is 4.80. The molecule has 1 aliphatic heterocycles. The third kappa shape index (κ3) is 2.11. The Morgan fingerprint density at radius 3 is 2.00 bits per heavy atom. The van der Waals surface area contributed by atoms with E-state index in [0.717, 1.165) is 0 Å². The quantitative estimate of drug-likeness (QED) is 0.927. The van der Waals surface area contributed by atoms with Gasteiger partial charge in [-0.3, -0.25) is 5.32 Å². The van der Waals surface area contributed by atoms with E-state index in [9.17, 15) is 8.42 Å². The molecule has 4 rings (SSSR count). The van der Waals surface area contributed by atoms with E-state index in [-0.39, 0.29) is 17.8 Å². The Morgan fingerprint density at radius 1 is 0.905 bits per heavy atom. The van der Waals surface area contributed by atoms with Gasteiger partial charge in [0, 0.05) is 11.4 Å². The van der Waals surface area contributed by atoms with Gasteiger partial charge in [-0.15, -0.1) is 0 Å². The third-order valence-corrected chi connectivity index (χ3v) is 5.54. The van der Waals surface area contributed by atoms with Gasteiger partial charge < -0.3 is 0 Å². The van der Waals surface area contributed by atoms with Gasteiger partial charge in [0.15, 0.2) is 9.84 Å². The summed E-state index contributed by atoms with van der Waals surface area (Å²) >= 11 is 0. The maximum absolute atomic E-state index is 11.6.